The Morgan fingerprint density at radius 2 is 1.65 bits per heavy atom. The molecule has 0 saturated carbocycles. The minimum Gasteiger partial charge on any atom is -0.320 e. The number of hydrogen-bond donors (Lipinski definition) is 2. The first-order chi connectivity index (χ1) is 8.31. The Morgan fingerprint density at radius 1 is 1.00 bits per heavy atom. The summed E-state index contributed by atoms with van der Waals surface area (Å²) in [7, 11) is 0. The molecule has 0 atom stereocenters. The van der Waals surface area contributed by atoms with E-state index in [1.807, 2.05) is 6.07 Å². The molecule has 0 aliphatic heterocycles. The van der Waals surface area contributed by atoms with Gasteiger partial charge in [0.2, 0.25) is 0 Å². The van der Waals surface area contributed by atoms with Crippen molar-refractivity contribution in [3.63, 3.8) is 0 Å². The monoisotopic (exact) mass is 225 g/mol. The van der Waals surface area contributed by atoms with Crippen molar-refractivity contribution in [3.05, 3.63) is 60.2 Å². The Balaban J connectivity index is 2.22. The summed E-state index contributed by atoms with van der Waals surface area (Å²) in [5.41, 5.74) is 8.56. The van der Waals surface area contributed by atoms with Gasteiger partial charge in [-0.2, -0.15) is 5.11 Å². The Morgan fingerprint density at radius 3 is 2.35 bits per heavy atom. The van der Waals surface area contributed by atoms with E-state index in [-0.39, 0.29) is 5.91 Å². The predicted octanol–water partition coefficient (Wildman–Crippen LogP) is 3.60. The van der Waals surface area contributed by atoms with Gasteiger partial charge in [0.1, 0.15) is 5.69 Å². The summed E-state index contributed by atoms with van der Waals surface area (Å²) in [6, 6.07) is 15.9. The maximum Gasteiger partial charge on any atom is 0.255 e. The summed E-state index contributed by atoms with van der Waals surface area (Å²) in [4.78, 5) is 11.9. The van der Waals surface area contributed by atoms with Crippen LogP contribution in [-0.2, 0) is 0 Å². The van der Waals surface area contributed by atoms with E-state index < -0.39 is 0 Å². The van der Waals surface area contributed by atoms with Crippen LogP contribution in [0.2, 0.25) is 0 Å². The fourth-order valence-electron chi connectivity index (χ4n) is 1.46. The molecule has 2 N–H and O–H groups in total. The number of rotatable bonds is 3. The molecule has 4 heteroatoms. The first-order valence-electron chi connectivity index (χ1n) is 5.14. The SMILES string of the molecule is N=Nc1ccccc1NC(=O)c1ccccc1. The molecule has 0 saturated heterocycles. The lowest BCUT2D eigenvalue weighted by molar-refractivity contribution is 0.102. The van der Waals surface area contributed by atoms with Crippen molar-refractivity contribution in [2.45, 2.75) is 0 Å². The van der Waals surface area contributed by atoms with Gasteiger partial charge in [0, 0.05) is 5.56 Å². The highest BCUT2D eigenvalue weighted by molar-refractivity contribution is 6.05. The minimum absolute atomic E-state index is 0.207. The molecule has 1 amide bonds. The van der Waals surface area contributed by atoms with Crippen LogP contribution in [0.25, 0.3) is 0 Å². The third kappa shape index (κ3) is 2.55. The van der Waals surface area contributed by atoms with Gasteiger partial charge in [-0.3, -0.25) is 4.79 Å². The van der Waals surface area contributed by atoms with Crippen molar-refractivity contribution in [3.8, 4) is 0 Å². The molecule has 0 fully saturated rings. The van der Waals surface area contributed by atoms with Crippen LogP contribution in [0.15, 0.2) is 59.7 Å². The molecule has 0 aromatic heterocycles. The van der Waals surface area contributed by atoms with E-state index in [0.717, 1.165) is 0 Å². The highest BCUT2D eigenvalue weighted by Gasteiger charge is 2.07. The smallest absolute Gasteiger partial charge is 0.255 e. The van der Waals surface area contributed by atoms with Gasteiger partial charge in [0.05, 0.1) is 5.69 Å². The molecule has 17 heavy (non-hydrogen) atoms. The van der Waals surface area contributed by atoms with Crippen molar-refractivity contribution in [1.82, 2.24) is 0 Å². The number of nitrogens with zero attached hydrogens (tertiary/aromatic N) is 1. The average molecular weight is 225 g/mol. The van der Waals surface area contributed by atoms with Crippen molar-refractivity contribution in [1.29, 1.82) is 5.53 Å². The van der Waals surface area contributed by atoms with Crippen molar-refractivity contribution >= 4 is 17.3 Å². The van der Waals surface area contributed by atoms with Gasteiger partial charge in [-0.15, -0.1) is 0 Å². The van der Waals surface area contributed by atoms with E-state index in [9.17, 15) is 4.79 Å². The Kier molecular flexibility index (Phi) is 3.25. The third-order valence-electron chi connectivity index (χ3n) is 2.31. The van der Waals surface area contributed by atoms with E-state index in [2.05, 4.69) is 10.4 Å². The lowest BCUT2D eigenvalue weighted by Crippen LogP contribution is -2.11. The molecule has 2 rings (SSSR count). The average Bonchev–Trinajstić information content (AvgIpc) is 2.40. The largest absolute Gasteiger partial charge is 0.320 e. The molecule has 0 unspecified atom stereocenters. The topological polar surface area (TPSA) is 65.3 Å². The summed E-state index contributed by atoms with van der Waals surface area (Å²) >= 11 is 0. The van der Waals surface area contributed by atoms with E-state index in [1.54, 1.807) is 48.5 Å². The third-order valence-corrected chi connectivity index (χ3v) is 2.31. The molecule has 2 aromatic rings. The number of carbonyl (C=O) groups is 1. The molecule has 0 bridgehead atoms. The van der Waals surface area contributed by atoms with Crippen LogP contribution in [-0.4, -0.2) is 5.91 Å². The highest BCUT2D eigenvalue weighted by atomic mass is 16.1. The van der Waals surface area contributed by atoms with Gasteiger partial charge in [-0.05, 0) is 24.3 Å². The molecule has 0 spiro atoms. The fourth-order valence-corrected chi connectivity index (χ4v) is 1.46. The second kappa shape index (κ2) is 5.03. The molecule has 0 radical (unpaired) electrons. The van der Waals surface area contributed by atoms with Crippen LogP contribution in [0.5, 0.6) is 0 Å². The van der Waals surface area contributed by atoms with Crippen LogP contribution in [0.3, 0.4) is 0 Å². The van der Waals surface area contributed by atoms with Crippen molar-refractivity contribution in [2.75, 3.05) is 5.32 Å². The molecular formula is C13H11N3O. The predicted molar refractivity (Wildman–Crippen MR) is 65.6 cm³/mol. The number of para-hydroxylation sites is 2. The Labute approximate surface area is 98.8 Å². The summed E-state index contributed by atoms with van der Waals surface area (Å²) < 4.78 is 0. The molecule has 84 valence electrons. The number of anilines is 1. The van der Waals surface area contributed by atoms with E-state index >= 15 is 0 Å². The number of benzene rings is 2. The van der Waals surface area contributed by atoms with Gasteiger partial charge in [-0.25, -0.2) is 5.53 Å². The summed E-state index contributed by atoms with van der Waals surface area (Å²) in [5.74, 6) is -0.207. The number of hydrogen-bond acceptors (Lipinski definition) is 3. The maximum atomic E-state index is 11.9. The molecule has 0 heterocycles. The van der Waals surface area contributed by atoms with Crippen molar-refractivity contribution < 1.29 is 4.79 Å². The fraction of sp³-hybridized carbons (Fsp3) is 0. The van der Waals surface area contributed by atoms with E-state index in [4.69, 9.17) is 5.53 Å². The zero-order valence-corrected chi connectivity index (χ0v) is 9.05. The molecule has 0 aliphatic carbocycles. The van der Waals surface area contributed by atoms with Crippen LogP contribution in [0.4, 0.5) is 11.4 Å². The van der Waals surface area contributed by atoms with Gasteiger partial charge < -0.3 is 5.32 Å². The molecular weight excluding hydrogens is 214 g/mol. The molecule has 4 nitrogen and oxygen atoms in total. The van der Waals surface area contributed by atoms with Crippen molar-refractivity contribution in [2.24, 2.45) is 5.11 Å². The normalized spacial score (nSPS) is 9.65. The summed E-state index contributed by atoms with van der Waals surface area (Å²) in [6.45, 7) is 0. The Bertz CT molecular complexity index is 537. The Hall–Kier alpha value is -2.49. The van der Waals surface area contributed by atoms with Gasteiger partial charge in [-0.1, -0.05) is 30.3 Å². The number of amides is 1. The van der Waals surface area contributed by atoms with Gasteiger partial charge >= 0.3 is 0 Å². The lowest BCUT2D eigenvalue weighted by atomic mass is 10.2. The summed E-state index contributed by atoms with van der Waals surface area (Å²) in [5, 5.41) is 6.08. The lowest BCUT2D eigenvalue weighted by Gasteiger charge is -2.06. The van der Waals surface area contributed by atoms with Gasteiger partial charge in [0.15, 0.2) is 0 Å². The van der Waals surface area contributed by atoms with Crippen LogP contribution < -0.4 is 5.32 Å². The van der Waals surface area contributed by atoms with Crippen LogP contribution >= 0.6 is 0 Å². The molecule has 2 aromatic carbocycles. The van der Waals surface area contributed by atoms with E-state index in [0.29, 0.717) is 16.9 Å². The second-order valence-corrected chi connectivity index (χ2v) is 3.45. The quantitative estimate of drug-likeness (QED) is 0.770. The molecule has 0 aliphatic rings. The highest BCUT2D eigenvalue weighted by Crippen LogP contribution is 2.24. The first-order valence-corrected chi connectivity index (χ1v) is 5.14. The maximum absolute atomic E-state index is 11.9. The number of carbonyl (C=O) groups excluding carboxylic acids is 1. The zero-order valence-electron chi connectivity index (χ0n) is 9.05. The van der Waals surface area contributed by atoms with E-state index in [1.165, 1.54) is 0 Å². The second-order valence-electron chi connectivity index (χ2n) is 3.45. The number of nitrogens with one attached hydrogen (secondary N) is 2. The minimum atomic E-state index is -0.207. The summed E-state index contributed by atoms with van der Waals surface area (Å²) in [6.07, 6.45) is 0. The standard InChI is InChI=1S/C13H11N3O/c14-16-12-9-5-4-8-11(12)15-13(17)10-6-2-1-3-7-10/h1-9,14H,(H,15,17). The van der Waals surface area contributed by atoms with Crippen LogP contribution in [0, 0.1) is 5.53 Å². The first kappa shape index (κ1) is 11.0. The van der Waals surface area contributed by atoms with Gasteiger partial charge in [0.25, 0.3) is 5.91 Å². The zero-order chi connectivity index (χ0) is 12.1. The van der Waals surface area contributed by atoms with Crippen LogP contribution in [0.1, 0.15) is 10.4 Å².